The summed E-state index contributed by atoms with van der Waals surface area (Å²) < 4.78 is 1.96. The Balaban J connectivity index is 1.28. The molecule has 0 bridgehead atoms. The molecule has 1 N–H and O–H groups in total. The lowest BCUT2D eigenvalue weighted by atomic mass is 10.0. The van der Waals surface area contributed by atoms with Crippen molar-refractivity contribution in [3.05, 3.63) is 69.2 Å². The molecule has 2 aliphatic rings. The molecule has 0 atom stereocenters. The molecule has 5 rings (SSSR count). The SMILES string of the molecule is Cc1ccc(-n2nc(C(=O)N3CCC(NC(=O)c4ccsc4)CC3)c3c2CCC3)cc1. The minimum absolute atomic E-state index is 0.0200. The first kappa shape index (κ1) is 20.0. The lowest BCUT2D eigenvalue weighted by molar-refractivity contribution is 0.0691. The van der Waals surface area contributed by atoms with Gasteiger partial charge in [-0.05, 0) is 62.6 Å². The fourth-order valence-electron chi connectivity index (χ4n) is 4.55. The standard InChI is InChI=1S/C24H26N4O2S/c1-16-5-7-19(8-6-16)28-21-4-2-3-20(21)22(26-28)24(30)27-12-9-18(10-13-27)25-23(29)17-11-14-31-15-17/h5-8,11,14-15,18H,2-4,9-10,12-13H2,1H3,(H,25,29). The number of aromatic nitrogens is 2. The number of nitrogens with zero attached hydrogens (tertiary/aromatic N) is 3. The molecule has 1 aliphatic carbocycles. The Morgan fingerprint density at radius 1 is 1.10 bits per heavy atom. The molecule has 160 valence electrons. The molecular weight excluding hydrogens is 408 g/mol. The highest BCUT2D eigenvalue weighted by atomic mass is 32.1. The number of benzene rings is 1. The van der Waals surface area contributed by atoms with E-state index in [0.29, 0.717) is 24.3 Å². The smallest absolute Gasteiger partial charge is 0.274 e. The van der Waals surface area contributed by atoms with Crippen molar-refractivity contribution < 1.29 is 9.59 Å². The highest BCUT2D eigenvalue weighted by molar-refractivity contribution is 7.08. The molecule has 0 radical (unpaired) electrons. The number of rotatable bonds is 4. The maximum atomic E-state index is 13.3. The van der Waals surface area contributed by atoms with Crippen LogP contribution in [0.25, 0.3) is 5.69 Å². The average molecular weight is 435 g/mol. The summed E-state index contributed by atoms with van der Waals surface area (Å²) in [7, 11) is 0. The van der Waals surface area contributed by atoms with E-state index in [1.165, 1.54) is 22.6 Å². The molecule has 0 unspecified atom stereocenters. The topological polar surface area (TPSA) is 67.2 Å². The number of carbonyl (C=O) groups excluding carboxylic acids is 2. The van der Waals surface area contributed by atoms with Gasteiger partial charge in [0.15, 0.2) is 5.69 Å². The van der Waals surface area contributed by atoms with Gasteiger partial charge in [-0.2, -0.15) is 16.4 Å². The van der Waals surface area contributed by atoms with Crippen LogP contribution in [-0.4, -0.2) is 45.6 Å². The molecule has 2 aromatic heterocycles. The summed E-state index contributed by atoms with van der Waals surface area (Å²) in [4.78, 5) is 27.5. The van der Waals surface area contributed by atoms with Crippen LogP contribution >= 0.6 is 11.3 Å². The van der Waals surface area contributed by atoms with Gasteiger partial charge in [0.05, 0.1) is 5.69 Å². The fraction of sp³-hybridized carbons (Fsp3) is 0.375. The Kier molecular flexibility index (Phi) is 5.36. The first-order chi connectivity index (χ1) is 15.1. The molecule has 3 aromatic rings. The molecule has 1 aliphatic heterocycles. The van der Waals surface area contributed by atoms with E-state index in [2.05, 4.69) is 36.5 Å². The predicted octanol–water partition coefficient (Wildman–Crippen LogP) is 3.77. The molecular formula is C24H26N4O2S. The van der Waals surface area contributed by atoms with Crippen LogP contribution in [-0.2, 0) is 12.8 Å². The number of carbonyl (C=O) groups is 2. The van der Waals surface area contributed by atoms with Crippen LogP contribution < -0.4 is 5.32 Å². The number of thiophene rings is 1. The van der Waals surface area contributed by atoms with Crippen LogP contribution in [0.15, 0.2) is 41.1 Å². The minimum atomic E-state index is -0.0271. The second-order valence-corrected chi connectivity index (χ2v) is 9.21. The predicted molar refractivity (Wildman–Crippen MR) is 121 cm³/mol. The third-order valence-electron chi connectivity index (χ3n) is 6.31. The largest absolute Gasteiger partial charge is 0.349 e. The normalized spacial score (nSPS) is 16.4. The summed E-state index contributed by atoms with van der Waals surface area (Å²) in [5, 5.41) is 11.6. The molecule has 6 nitrogen and oxygen atoms in total. The number of fused-ring (bicyclic) bond motifs is 1. The minimum Gasteiger partial charge on any atom is -0.349 e. The highest BCUT2D eigenvalue weighted by Crippen LogP contribution is 2.29. The Morgan fingerprint density at radius 3 is 2.58 bits per heavy atom. The van der Waals surface area contributed by atoms with E-state index in [0.717, 1.165) is 43.4 Å². The fourth-order valence-corrected chi connectivity index (χ4v) is 5.18. The lowest BCUT2D eigenvalue weighted by Gasteiger charge is -2.32. The van der Waals surface area contributed by atoms with Crippen molar-refractivity contribution in [3.63, 3.8) is 0 Å². The van der Waals surface area contributed by atoms with Crippen molar-refractivity contribution in [1.82, 2.24) is 20.0 Å². The first-order valence-electron chi connectivity index (χ1n) is 10.9. The molecule has 3 heterocycles. The number of amides is 2. The van der Waals surface area contributed by atoms with Crippen molar-refractivity contribution in [2.24, 2.45) is 0 Å². The number of hydrogen-bond acceptors (Lipinski definition) is 4. The maximum absolute atomic E-state index is 13.3. The Morgan fingerprint density at radius 2 is 1.87 bits per heavy atom. The van der Waals surface area contributed by atoms with Gasteiger partial charge >= 0.3 is 0 Å². The van der Waals surface area contributed by atoms with Crippen LogP contribution in [0.4, 0.5) is 0 Å². The lowest BCUT2D eigenvalue weighted by Crippen LogP contribution is -2.46. The van der Waals surface area contributed by atoms with Gasteiger partial charge in [0.1, 0.15) is 0 Å². The quantitative estimate of drug-likeness (QED) is 0.680. The Labute approximate surface area is 185 Å². The summed E-state index contributed by atoms with van der Waals surface area (Å²) >= 11 is 1.52. The van der Waals surface area contributed by atoms with Crippen molar-refractivity contribution in [2.45, 2.75) is 45.1 Å². The molecule has 1 aromatic carbocycles. The summed E-state index contributed by atoms with van der Waals surface area (Å²) in [6.45, 7) is 3.35. The van der Waals surface area contributed by atoms with Crippen molar-refractivity contribution >= 4 is 23.2 Å². The Bertz CT molecular complexity index is 1090. The zero-order valence-corrected chi connectivity index (χ0v) is 18.5. The third kappa shape index (κ3) is 3.90. The van der Waals surface area contributed by atoms with E-state index in [4.69, 9.17) is 5.10 Å². The monoisotopic (exact) mass is 434 g/mol. The number of aryl methyl sites for hydroxylation is 1. The van der Waals surface area contributed by atoms with Gasteiger partial charge in [-0.15, -0.1) is 0 Å². The summed E-state index contributed by atoms with van der Waals surface area (Å²) in [6.07, 6.45) is 4.47. The van der Waals surface area contributed by atoms with Crippen molar-refractivity contribution in [2.75, 3.05) is 13.1 Å². The number of hydrogen-bond donors (Lipinski definition) is 1. The van der Waals surface area contributed by atoms with Crippen LogP contribution in [0.1, 0.15) is 56.9 Å². The highest BCUT2D eigenvalue weighted by Gasteiger charge is 2.31. The maximum Gasteiger partial charge on any atom is 0.274 e. The zero-order valence-electron chi connectivity index (χ0n) is 17.6. The van der Waals surface area contributed by atoms with Gasteiger partial charge in [0.2, 0.25) is 0 Å². The average Bonchev–Trinajstić information content (AvgIpc) is 3.53. The van der Waals surface area contributed by atoms with E-state index in [1.54, 1.807) is 0 Å². The molecule has 31 heavy (non-hydrogen) atoms. The first-order valence-corrected chi connectivity index (χ1v) is 11.8. The van der Waals surface area contributed by atoms with Gasteiger partial charge in [0, 0.05) is 41.3 Å². The van der Waals surface area contributed by atoms with Crippen LogP contribution in [0.2, 0.25) is 0 Å². The van der Waals surface area contributed by atoms with E-state index in [-0.39, 0.29) is 17.9 Å². The Hall–Kier alpha value is -2.93. The molecule has 1 fully saturated rings. The summed E-state index contributed by atoms with van der Waals surface area (Å²) in [5.74, 6) is -0.00712. The second-order valence-electron chi connectivity index (χ2n) is 8.43. The molecule has 2 amide bonds. The van der Waals surface area contributed by atoms with E-state index in [1.807, 2.05) is 26.4 Å². The zero-order chi connectivity index (χ0) is 21.4. The van der Waals surface area contributed by atoms with E-state index in [9.17, 15) is 9.59 Å². The van der Waals surface area contributed by atoms with Crippen molar-refractivity contribution in [1.29, 1.82) is 0 Å². The number of likely N-dealkylation sites (tertiary alicyclic amines) is 1. The van der Waals surface area contributed by atoms with Gasteiger partial charge in [-0.1, -0.05) is 17.7 Å². The van der Waals surface area contributed by atoms with E-state index < -0.39 is 0 Å². The third-order valence-corrected chi connectivity index (χ3v) is 7.00. The van der Waals surface area contributed by atoms with Crippen LogP contribution in [0.3, 0.4) is 0 Å². The van der Waals surface area contributed by atoms with Crippen LogP contribution in [0, 0.1) is 6.92 Å². The second kappa shape index (κ2) is 8.30. The van der Waals surface area contributed by atoms with Gasteiger partial charge < -0.3 is 10.2 Å². The van der Waals surface area contributed by atoms with Crippen molar-refractivity contribution in [3.8, 4) is 5.69 Å². The number of piperidine rings is 1. The number of nitrogens with one attached hydrogen (secondary N) is 1. The molecule has 7 heteroatoms. The van der Waals surface area contributed by atoms with Gasteiger partial charge in [0.25, 0.3) is 11.8 Å². The molecule has 0 saturated carbocycles. The van der Waals surface area contributed by atoms with E-state index >= 15 is 0 Å². The van der Waals surface area contributed by atoms with Gasteiger partial charge in [-0.3, -0.25) is 9.59 Å². The van der Waals surface area contributed by atoms with Crippen LogP contribution in [0.5, 0.6) is 0 Å². The molecule has 0 spiro atoms. The summed E-state index contributed by atoms with van der Waals surface area (Å²) in [6, 6.07) is 10.2. The van der Waals surface area contributed by atoms with Gasteiger partial charge in [-0.25, -0.2) is 4.68 Å². The molecule has 1 saturated heterocycles. The summed E-state index contributed by atoms with van der Waals surface area (Å²) in [5.41, 5.74) is 5.81.